The quantitative estimate of drug-likeness (QED) is 0.0606. The zero-order valence-corrected chi connectivity index (χ0v) is 85.5. The Bertz CT molecular complexity index is 6790. The van der Waals surface area contributed by atoms with Gasteiger partial charge in [-0.2, -0.15) is 0 Å². The molecule has 10 atom stereocenters. The van der Waals surface area contributed by atoms with Crippen molar-refractivity contribution in [2.24, 2.45) is 5.73 Å². The number of anilines is 9. The third kappa shape index (κ3) is 23.7. The van der Waals surface area contributed by atoms with Crippen molar-refractivity contribution in [1.29, 1.82) is 0 Å². The van der Waals surface area contributed by atoms with Gasteiger partial charge in [0, 0.05) is 121 Å². The van der Waals surface area contributed by atoms with Gasteiger partial charge in [-0.1, -0.05) is 227 Å². The number of halogens is 1. The first kappa shape index (κ1) is 102. The predicted octanol–water partition coefficient (Wildman–Crippen LogP) is 28.4. The molecule has 5 amide bonds. The van der Waals surface area contributed by atoms with E-state index in [1.165, 1.54) is 73.9 Å². The molecule has 0 unspecified atom stereocenters. The molecule has 0 aromatic heterocycles. The van der Waals surface area contributed by atoms with Crippen LogP contribution in [0.15, 0.2) is 309 Å². The molecular weight excluding hydrogens is 1780 g/mol. The molecule has 142 heavy (non-hydrogen) atoms. The van der Waals surface area contributed by atoms with Crippen LogP contribution in [0.1, 0.15) is 203 Å². The Balaban J connectivity index is 0.000000134. The lowest BCUT2D eigenvalue weighted by molar-refractivity contribution is -0.118. The van der Waals surface area contributed by atoms with Gasteiger partial charge in [-0.3, -0.25) is 24.0 Å². The van der Waals surface area contributed by atoms with E-state index in [1.54, 1.807) is 53.9 Å². The smallest absolute Gasteiger partial charge is 0.337 e. The summed E-state index contributed by atoms with van der Waals surface area (Å²) in [7, 11) is 3.07. The molecule has 0 aliphatic carbocycles. The second kappa shape index (κ2) is 45.2. The summed E-state index contributed by atoms with van der Waals surface area (Å²) in [6.45, 7) is 31.2. The van der Waals surface area contributed by atoms with Crippen LogP contribution in [0.4, 0.5) is 51.2 Å². The van der Waals surface area contributed by atoms with Crippen LogP contribution in [0.2, 0.25) is 5.02 Å². The summed E-state index contributed by atoms with van der Waals surface area (Å²) in [5.74, 6) is 0.800. The van der Waals surface area contributed by atoms with Crippen molar-refractivity contribution in [3.05, 3.63) is 381 Å². The van der Waals surface area contributed by atoms with Gasteiger partial charge in [0.2, 0.25) is 29.5 Å². The van der Waals surface area contributed by atoms with Crippen molar-refractivity contribution < 1.29 is 38.2 Å². The molecule has 19 rings (SSSR count). The molecule has 5 aliphatic rings. The Morgan fingerprint density at radius 1 is 0.289 bits per heavy atom. The van der Waals surface area contributed by atoms with Gasteiger partial charge in [0.15, 0.2) is 0 Å². The summed E-state index contributed by atoms with van der Waals surface area (Å²) in [6.07, 6.45) is 4.09. The van der Waals surface area contributed by atoms with Gasteiger partial charge in [0.05, 0.1) is 49.6 Å². The van der Waals surface area contributed by atoms with E-state index in [9.17, 15) is 28.8 Å². The number of nitrogens with zero attached hydrogens (tertiary/aromatic N) is 5. The number of hydrogen-bond donors (Lipinski definition) is 5. The minimum Gasteiger partial charge on any atom is -0.495 e. The maximum atomic E-state index is 12.4. The summed E-state index contributed by atoms with van der Waals surface area (Å²) in [5, 5.41) is 15.3. The van der Waals surface area contributed by atoms with Crippen LogP contribution >= 0.6 is 11.6 Å². The molecule has 14 aromatic carbocycles. The van der Waals surface area contributed by atoms with Crippen molar-refractivity contribution in [2.45, 2.75) is 203 Å². The highest BCUT2D eigenvalue weighted by Gasteiger charge is 2.39. The fraction of sp³-hybridized carbons (Fsp3) is 0.268. The SMILES string of the molecule is CC(=O)N1c2ccc(-c3cccc(C)c3)cc2[C@H](N)C[C@@H]1C.CC(=O)N1c2ccc(-c3cccc(C)c3)cc2[C@H](Nc2ccc(C)cc2)C[C@@H]1C.CC(=O)N1c2ccc(-c3cccc(C)c3)cc2[C@H](Nc2ccc(Cl)cc2)C[C@@H]1C.COC(=O)c1cccc(N[C@@H]2C[C@H](C)N(C(C)=O)c3ccc(-c4cccc(C)c4)cc32)c1.COc1ccccc1N[C@@H]1C[C@H](C)N(C(C)=O)c2ccc(-c3cccc(C)c3)cc21. The van der Waals surface area contributed by atoms with Gasteiger partial charge in [-0.05, 0) is 319 Å². The second-order valence-corrected chi connectivity index (χ2v) is 39.1. The van der Waals surface area contributed by atoms with Gasteiger partial charge in [-0.15, -0.1) is 0 Å². The molecular formula is C123H131ClN10O8. The number of para-hydroxylation sites is 2. The minimum absolute atomic E-state index is 0.00624. The van der Waals surface area contributed by atoms with Crippen LogP contribution in [-0.4, -0.2) is 79.9 Å². The molecule has 0 spiro atoms. The Labute approximate surface area is 842 Å². The first-order valence-electron chi connectivity index (χ1n) is 49.2. The number of amides is 5. The monoisotopic (exact) mass is 1910 g/mol. The number of methoxy groups -OCH3 is 2. The number of nitrogens with two attached hydrogens (primary N) is 1. The van der Waals surface area contributed by atoms with Crippen LogP contribution in [0.3, 0.4) is 0 Å². The molecule has 5 aliphatic heterocycles. The average Bonchev–Trinajstić information content (AvgIpc) is 0.780. The molecule has 0 bridgehead atoms. The third-order valence-electron chi connectivity index (χ3n) is 27.5. The number of esters is 1. The van der Waals surface area contributed by atoms with E-state index in [4.69, 9.17) is 26.8 Å². The summed E-state index contributed by atoms with van der Waals surface area (Å²) in [6, 6.07) is 107. The van der Waals surface area contributed by atoms with E-state index < -0.39 is 0 Å². The number of nitrogens with one attached hydrogen (secondary N) is 4. The molecule has 0 radical (unpaired) electrons. The molecule has 728 valence electrons. The van der Waals surface area contributed by atoms with E-state index in [-0.39, 0.29) is 95.9 Å². The molecule has 5 heterocycles. The Hall–Kier alpha value is -14.9. The van der Waals surface area contributed by atoms with Crippen LogP contribution in [0.25, 0.3) is 55.6 Å². The van der Waals surface area contributed by atoms with Gasteiger partial charge >= 0.3 is 5.97 Å². The summed E-state index contributed by atoms with van der Waals surface area (Å²) in [5.41, 5.74) is 40.3. The third-order valence-corrected chi connectivity index (χ3v) is 27.8. The predicted molar refractivity (Wildman–Crippen MR) is 585 cm³/mol. The van der Waals surface area contributed by atoms with E-state index in [0.29, 0.717) is 5.56 Å². The Morgan fingerprint density at radius 3 is 0.887 bits per heavy atom. The molecule has 19 heteroatoms. The number of aryl methyl sites for hydroxylation is 6. The molecule has 0 saturated carbocycles. The molecule has 0 saturated heterocycles. The van der Waals surface area contributed by atoms with Crippen LogP contribution in [0, 0.1) is 41.5 Å². The van der Waals surface area contributed by atoms with E-state index in [0.717, 1.165) is 144 Å². The van der Waals surface area contributed by atoms with Gasteiger partial charge in [0.25, 0.3) is 0 Å². The van der Waals surface area contributed by atoms with E-state index >= 15 is 0 Å². The molecule has 6 N–H and O–H groups in total. The number of carbonyl (C=O) groups excluding carboxylic acids is 6. The summed E-state index contributed by atoms with van der Waals surface area (Å²) < 4.78 is 10.4. The number of ether oxygens (including phenoxy) is 2. The highest BCUT2D eigenvalue weighted by atomic mass is 35.5. The van der Waals surface area contributed by atoms with Crippen LogP contribution < -0.4 is 56.2 Å². The van der Waals surface area contributed by atoms with Gasteiger partial charge in [0.1, 0.15) is 5.75 Å². The lowest BCUT2D eigenvalue weighted by Crippen LogP contribution is -2.43. The largest absolute Gasteiger partial charge is 0.495 e. The van der Waals surface area contributed by atoms with Gasteiger partial charge < -0.3 is 61.0 Å². The standard InChI is InChI=1S/C27H28N2O3.C26H28N2O2.C26H28N2O.C25H25ClN2O.C19H22N2O/c1-17-7-5-8-20(13-17)21-11-12-26-24(16-21)25(14-18(2)29(26)19(3)30)28-23-10-6-9-22(15-23)27(31)32-4;1-17-8-7-9-20(14-17)21-12-13-25-22(16-21)24(15-18(2)28(25)19(3)29)27-23-10-5-6-11-26(23)30-4;1-17-8-11-23(12-9-17)27-25-15-19(3)28(20(4)29)26-13-10-22(16-24(25)26)21-7-5-6-18(2)14-21;1-16-5-4-6-19(13-16)20-7-12-25-23(15-20)24(14-17(2)28(25)18(3)29)27-22-10-8-21(26)9-11-22;1-12-5-4-6-15(9-12)16-7-8-19-17(11-16)18(20)10-13(2)21(19)14(3)22/h5-13,15-16,18,25,28H,14H2,1-4H3;5-14,16,18,24,27H,15H2,1-4H3;5-14,16,19,25,27H,15H2,1-4H3;4-13,15,17,24,27H,14H2,1-3H3;4-9,11,13,18H,10,20H2,1-3H3/t18-,25+;18-,24+;19-,25+;17-,24+;13-,18+/m00000/s1. The molecule has 18 nitrogen and oxygen atoms in total. The van der Waals surface area contributed by atoms with E-state index in [1.807, 2.05) is 97.3 Å². The second-order valence-electron chi connectivity index (χ2n) is 38.6. The number of hydrogen-bond acceptors (Lipinski definition) is 13. The first-order chi connectivity index (χ1) is 68.1. The maximum Gasteiger partial charge on any atom is 0.337 e. The number of fused-ring (bicyclic) bond motifs is 5. The lowest BCUT2D eigenvalue weighted by atomic mass is 9.88. The zero-order chi connectivity index (χ0) is 101. The van der Waals surface area contributed by atoms with Crippen molar-refractivity contribution in [2.75, 3.05) is 60.0 Å². The summed E-state index contributed by atoms with van der Waals surface area (Å²) in [4.78, 5) is 83.0. The number of rotatable bonds is 15. The zero-order valence-electron chi connectivity index (χ0n) is 84.7. The van der Waals surface area contributed by atoms with Crippen molar-refractivity contribution in [3.8, 4) is 61.4 Å². The fourth-order valence-corrected chi connectivity index (χ4v) is 21.1. The van der Waals surface area contributed by atoms with Crippen molar-refractivity contribution >= 4 is 98.3 Å². The highest BCUT2D eigenvalue weighted by Crippen LogP contribution is 2.49. The minimum atomic E-state index is -0.365. The topological polar surface area (TPSA) is 211 Å². The Morgan fingerprint density at radius 2 is 0.570 bits per heavy atom. The Kier molecular flexibility index (Phi) is 32.3. The van der Waals surface area contributed by atoms with Gasteiger partial charge in [-0.25, -0.2) is 4.79 Å². The lowest BCUT2D eigenvalue weighted by Gasteiger charge is -2.40. The molecule has 14 aromatic rings. The average molecular weight is 1910 g/mol. The summed E-state index contributed by atoms with van der Waals surface area (Å²) >= 11 is 6.04. The first-order valence-corrected chi connectivity index (χ1v) is 49.5. The van der Waals surface area contributed by atoms with Crippen molar-refractivity contribution in [1.82, 2.24) is 0 Å². The maximum absolute atomic E-state index is 12.4. The number of benzene rings is 14. The van der Waals surface area contributed by atoms with Crippen molar-refractivity contribution in [3.63, 3.8) is 0 Å². The highest BCUT2D eigenvalue weighted by molar-refractivity contribution is 6.30. The van der Waals surface area contributed by atoms with Crippen LogP contribution in [0.5, 0.6) is 5.75 Å². The van der Waals surface area contributed by atoms with E-state index in [2.05, 4.69) is 322 Å². The number of carbonyl (C=O) groups is 6. The molecule has 0 fully saturated rings. The fourth-order valence-electron chi connectivity index (χ4n) is 20.9. The van der Waals surface area contributed by atoms with Crippen LogP contribution in [-0.2, 0) is 28.7 Å². The normalized spacial score (nSPS) is 18.4.